The van der Waals surface area contributed by atoms with Crippen molar-refractivity contribution < 1.29 is 18.7 Å². The monoisotopic (exact) mass is 318 g/mol. The zero-order valence-electron chi connectivity index (χ0n) is 11.8. The Bertz CT molecular complexity index is 793. The zero-order chi connectivity index (χ0) is 16.3. The quantitative estimate of drug-likeness (QED) is 0.882. The fourth-order valence-corrected chi connectivity index (χ4v) is 2.90. The number of amides is 1. The molecule has 0 atom stereocenters. The molecule has 7 heteroatoms. The molecule has 5 nitrogen and oxygen atoms in total. The molecular formula is C15H11FN2O3S. The first-order chi connectivity index (χ1) is 10.5. The van der Waals surface area contributed by atoms with Gasteiger partial charge in [0, 0.05) is 5.56 Å². The molecule has 2 aromatic rings. The van der Waals surface area contributed by atoms with Crippen molar-refractivity contribution >= 4 is 28.2 Å². The molecule has 0 radical (unpaired) electrons. The van der Waals surface area contributed by atoms with Crippen molar-refractivity contribution in [3.8, 4) is 6.07 Å². The molecule has 0 aliphatic carbocycles. The van der Waals surface area contributed by atoms with Gasteiger partial charge < -0.3 is 10.1 Å². The van der Waals surface area contributed by atoms with Crippen LogP contribution in [-0.4, -0.2) is 19.0 Å². The number of nitriles is 1. The fraction of sp³-hybridized carbons (Fsp3) is 0.133. The van der Waals surface area contributed by atoms with Crippen LogP contribution in [0.2, 0.25) is 0 Å². The second kappa shape index (κ2) is 6.37. The number of ether oxygens (including phenoxy) is 1. The third-order valence-corrected chi connectivity index (χ3v) is 4.13. The number of nitrogens with one attached hydrogen (secondary N) is 1. The maximum atomic E-state index is 13.1. The number of nitrogens with zero attached hydrogens (tertiary/aromatic N) is 1. The summed E-state index contributed by atoms with van der Waals surface area (Å²) in [5.41, 5.74) is 0.749. The smallest absolute Gasteiger partial charge is 0.348 e. The van der Waals surface area contributed by atoms with E-state index in [-0.39, 0.29) is 21.0 Å². The van der Waals surface area contributed by atoms with Gasteiger partial charge in [-0.1, -0.05) is 6.07 Å². The van der Waals surface area contributed by atoms with Crippen molar-refractivity contribution in [2.24, 2.45) is 0 Å². The molecule has 112 valence electrons. The fourth-order valence-electron chi connectivity index (χ4n) is 1.83. The van der Waals surface area contributed by atoms with E-state index in [0.717, 1.165) is 17.4 Å². The molecule has 1 aromatic heterocycles. The molecule has 1 aromatic carbocycles. The van der Waals surface area contributed by atoms with Crippen LogP contribution < -0.4 is 5.32 Å². The molecule has 0 spiro atoms. The van der Waals surface area contributed by atoms with Crippen LogP contribution in [-0.2, 0) is 4.74 Å². The van der Waals surface area contributed by atoms with Crippen molar-refractivity contribution in [2.75, 3.05) is 12.4 Å². The Kier molecular flexibility index (Phi) is 4.53. The van der Waals surface area contributed by atoms with E-state index in [2.05, 4.69) is 10.1 Å². The summed E-state index contributed by atoms with van der Waals surface area (Å²) in [6, 6.07) is 7.12. The minimum Gasteiger partial charge on any atom is -0.465 e. The van der Waals surface area contributed by atoms with Gasteiger partial charge in [-0.15, -0.1) is 11.3 Å². The van der Waals surface area contributed by atoms with Crippen LogP contribution in [0, 0.1) is 24.1 Å². The Hall–Kier alpha value is -2.72. The van der Waals surface area contributed by atoms with Crippen molar-refractivity contribution in [2.45, 2.75) is 6.92 Å². The first-order valence-electron chi connectivity index (χ1n) is 6.16. The molecule has 2 rings (SSSR count). The molecule has 1 amide bonds. The Morgan fingerprint density at radius 1 is 1.41 bits per heavy atom. The van der Waals surface area contributed by atoms with E-state index < -0.39 is 17.7 Å². The van der Waals surface area contributed by atoms with E-state index in [0.29, 0.717) is 5.56 Å². The van der Waals surface area contributed by atoms with Gasteiger partial charge in [0.2, 0.25) is 0 Å². The van der Waals surface area contributed by atoms with E-state index in [1.165, 1.54) is 25.3 Å². The normalized spacial score (nSPS) is 9.91. The van der Waals surface area contributed by atoms with Crippen LogP contribution in [0.1, 0.15) is 31.2 Å². The van der Waals surface area contributed by atoms with E-state index in [1.54, 1.807) is 6.92 Å². The minimum absolute atomic E-state index is 0.120. The van der Waals surface area contributed by atoms with Crippen molar-refractivity contribution in [3.63, 3.8) is 0 Å². The predicted molar refractivity (Wildman–Crippen MR) is 79.5 cm³/mol. The number of rotatable bonds is 3. The average Bonchev–Trinajstić information content (AvgIpc) is 2.82. The SMILES string of the molecule is COC(=O)c1sc(NC(=O)c2cccc(F)c2)c(C#N)c1C. The minimum atomic E-state index is -0.578. The Balaban J connectivity index is 2.36. The Labute approximate surface area is 129 Å². The van der Waals surface area contributed by atoms with Crippen LogP contribution in [0.25, 0.3) is 0 Å². The number of esters is 1. The highest BCUT2D eigenvalue weighted by Crippen LogP contribution is 2.33. The lowest BCUT2D eigenvalue weighted by atomic mass is 10.1. The molecule has 0 bridgehead atoms. The lowest BCUT2D eigenvalue weighted by molar-refractivity contribution is 0.0605. The molecule has 0 fully saturated rings. The maximum absolute atomic E-state index is 13.1. The van der Waals surface area contributed by atoms with Gasteiger partial charge >= 0.3 is 5.97 Å². The highest BCUT2D eigenvalue weighted by molar-refractivity contribution is 7.18. The number of carbonyl (C=O) groups is 2. The lowest BCUT2D eigenvalue weighted by Gasteiger charge is -2.03. The third kappa shape index (κ3) is 2.97. The highest BCUT2D eigenvalue weighted by atomic mass is 32.1. The molecule has 0 aliphatic rings. The maximum Gasteiger partial charge on any atom is 0.348 e. The van der Waals surface area contributed by atoms with Crippen LogP contribution in [0.4, 0.5) is 9.39 Å². The van der Waals surface area contributed by atoms with Crippen LogP contribution in [0.5, 0.6) is 0 Å². The highest BCUT2D eigenvalue weighted by Gasteiger charge is 2.22. The summed E-state index contributed by atoms with van der Waals surface area (Å²) in [7, 11) is 1.23. The number of anilines is 1. The van der Waals surface area contributed by atoms with Gasteiger partial charge in [0.1, 0.15) is 21.8 Å². The van der Waals surface area contributed by atoms with Crippen LogP contribution in [0.15, 0.2) is 24.3 Å². The van der Waals surface area contributed by atoms with E-state index in [9.17, 15) is 19.2 Å². The van der Waals surface area contributed by atoms with Gasteiger partial charge in [-0.2, -0.15) is 5.26 Å². The largest absolute Gasteiger partial charge is 0.465 e. The summed E-state index contributed by atoms with van der Waals surface area (Å²) in [6.07, 6.45) is 0. The summed E-state index contributed by atoms with van der Waals surface area (Å²) < 4.78 is 17.8. The zero-order valence-corrected chi connectivity index (χ0v) is 12.6. The summed E-state index contributed by atoms with van der Waals surface area (Å²) >= 11 is 0.948. The molecule has 22 heavy (non-hydrogen) atoms. The van der Waals surface area contributed by atoms with Crippen LogP contribution in [0.3, 0.4) is 0 Å². The Morgan fingerprint density at radius 2 is 2.14 bits per heavy atom. The molecule has 0 unspecified atom stereocenters. The van der Waals surface area contributed by atoms with Crippen molar-refractivity contribution in [3.05, 3.63) is 51.7 Å². The number of methoxy groups -OCH3 is 1. The van der Waals surface area contributed by atoms with Crippen molar-refractivity contribution in [1.29, 1.82) is 5.26 Å². The van der Waals surface area contributed by atoms with Gasteiger partial charge in [-0.3, -0.25) is 4.79 Å². The lowest BCUT2D eigenvalue weighted by Crippen LogP contribution is -2.11. The number of benzene rings is 1. The number of halogens is 1. The molecular weight excluding hydrogens is 307 g/mol. The molecule has 1 heterocycles. The predicted octanol–water partition coefficient (Wildman–Crippen LogP) is 3.11. The van der Waals surface area contributed by atoms with E-state index in [1.807, 2.05) is 6.07 Å². The van der Waals surface area contributed by atoms with E-state index >= 15 is 0 Å². The van der Waals surface area contributed by atoms with Crippen molar-refractivity contribution in [1.82, 2.24) is 0 Å². The van der Waals surface area contributed by atoms with E-state index in [4.69, 9.17) is 0 Å². The molecule has 0 saturated carbocycles. The third-order valence-electron chi connectivity index (χ3n) is 2.94. The van der Waals surface area contributed by atoms with Gasteiger partial charge in [-0.05, 0) is 30.7 Å². The average molecular weight is 318 g/mol. The summed E-state index contributed by atoms with van der Waals surface area (Å²) in [5.74, 6) is -1.68. The first-order valence-corrected chi connectivity index (χ1v) is 6.98. The molecule has 0 aliphatic heterocycles. The number of hydrogen-bond acceptors (Lipinski definition) is 5. The van der Waals surface area contributed by atoms with Gasteiger partial charge in [0.05, 0.1) is 12.7 Å². The second-order valence-electron chi connectivity index (χ2n) is 4.33. The van der Waals surface area contributed by atoms with Gasteiger partial charge in [0.15, 0.2) is 0 Å². The standard InChI is InChI=1S/C15H11FN2O3S/c1-8-11(7-17)14(22-12(8)15(20)21-2)18-13(19)9-4-3-5-10(16)6-9/h3-6H,1-2H3,(H,18,19). The van der Waals surface area contributed by atoms with Gasteiger partial charge in [0.25, 0.3) is 5.91 Å². The number of hydrogen-bond donors (Lipinski definition) is 1. The first kappa shape index (κ1) is 15.7. The topological polar surface area (TPSA) is 79.2 Å². The molecule has 0 saturated heterocycles. The molecule has 1 N–H and O–H groups in total. The number of carbonyl (C=O) groups excluding carboxylic acids is 2. The van der Waals surface area contributed by atoms with Crippen LogP contribution >= 0.6 is 11.3 Å². The summed E-state index contributed by atoms with van der Waals surface area (Å²) in [5, 5.41) is 11.9. The number of thiophene rings is 1. The summed E-state index contributed by atoms with van der Waals surface area (Å²) in [6.45, 7) is 1.60. The summed E-state index contributed by atoms with van der Waals surface area (Å²) in [4.78, 5) is 24.0. The second-order valence-corrected chi connectivity index (χ2v) is 5.35. The Morgan fingerprint density at radius 3 is 2.73 bits per heavy atom. The van der Waals surface area contributed by atoms with Gasteiger partial charge in [-0.25, -0.2) is 9.18 Å².